The molecule has 1 saturated carbocycles. The Kier molecular flexibility index (Phi) is 4.80. The minimum atomic E-state index is -0.986. The largest absolute Gasteiger partial charge is 0.478 e. The van der Waals surface area contributed by atoms with Gasteiger partial charge in [0, 0.05) is 11.1 Å². The molecule has 0 aliphatic heterocycles. The van der Waals surface area contributed by atoms with E-state index in [0.717, 1.165) is 11.1 Å². The van der Waals surface area contributed by atoms with Crippen LogP contribution in [0.5, 0.6) is 0 Å². The highest BCUT2D eigenvalue weighted by Gasteiger charge is 2.22. The number of benzene rings is 2. The molecule has 1 fully saturated rings. The minimum Gasteiger partial charge on any atom is -0.478 e. The van der Waals surface area contributed by atoms with Gasteiger partial charge in [0.05, 0.1) is 11.1 Å². The maximum absolute atomic E-state index is 12.5. The first-order valence-electron chi connectivity index (χ1n) is 8.06. The average Bonchev–Trinajstić information content (AvgIpc) is 2.96. The molecule has 0 radical (unpaired) electrons. The van der Waals surface area contributed by atoms with E-state index < -0.39 is 11.9 Å². The Morgan fingerprint density at radius 2 is 1.04 bits per heavy atom. The molecule has 0 spiro atoms. The predicted molar refractivity (Wildman–Crippen MR) is 97.0 cm³/mol. The van der Waals surface area contributed by atoms with Crippen molar-refractivity contribution in [3.05, 3.63) is 81.9 Å². The standard InChI is InChI=1S/C21H16O5/c22-19-17(11-13-1-5-15(6-2-13)20(23)24)9-10-18(19)12-14-3-7-16(8-4-14)21(25)26/h1-8,11-12H,9-10H2,(H,23,24)(H,25,26)/b17-11-,18-12-. The van der Waals surface area contributed by atoms with Crippen LogP contribution in [0.1, 0.15) is 44.7 Å². The lowest BCUT2D eigenvalue weighted by Gasteiger charge is -1.99. The molecule has 5 nitrogen and oxygen atoms in total. The van der Waals surface area contributed by atoms with E-state index in [4.69, 9.17) is 10.2 Å². The van der Waals surface area contributed by atoms with Crippen LogP contribution in [0.4, 0.5) is 0 Å². The van der Waals surface area contributed by atoms with Gasteiger partial charge in [-0.15, -0.1) is 0 Å². The van der Waals surface area contributed by atoms with Gasteiger partial charge in [0.2, 0.25) is 0 Å². The molecule has 0 saturated heterocycles. The Hall–Kier alpha value is -3.47. The summed E-state index contributed by atoms with van der Waals surface area (Å²) in [4.78, 5) is 34.3. The van der Waals surface area contributed by atoms with Gasteiger partial charge in [-0.2, -0.15) is 0 Å². The third-order valence-electron chi connectivity index (χ3n) is 4.24. The van der Waals surface area contributed by atoms with Gasteiger partial charge in [-0.1, -0.05) is 24.3 Å². The van der Waals surface area contributed by atoms with Gasteiger partial charge in [-0.05, 0) is 60.4 Å². The number of carboxylic acid groups (broad SMARTS) is 2. The number of carbonyl (C=O) groups excluding carboxylic acids is 1. The predicted octanol–water partition coefficient (Wildman–Crippen LogP) is 3.91. The van der Waals surface area contributed by atoms with Gasteiger partial charge in [-0.25, -0.2) is 9.59 Å². The molecule has 2 aromatic rings. The van der Waals surface area contributed by atoms with Crippen molar-refractivity contribution >= 4 is 29.9 Å². The molecular weight excluding hydrogens is 332 g/mol. The summed E-state index contributed by atoms with van der Waals surface area (Å²) in [6.07, 6.45) is 4.81. The van der Waals surface area contributed by atoms with E-state index in [2.05, 4.69) is 0 Å². The van der Waals surface area contributed by atoms with Gasteiger partial charge in [-0.3, -0.25) is 4.79 Å². The lowest BCUT2D eigenvalue weighted by atomic mass is 10.0. The first kappa shape index (κ1) is 17.4. The maximum atomic E-state index is 12.5. The number of Topliss-reactive ketones (excluding diaryl/α,β-unsaturated/α-hetero) is 1. The molecule has 0 bridgehead atoms. The first-order valence-corrected chi connectivity index (χ1v) is 8.06. The van der Waals surface area contributed by atoms with Crippen LogP contribution in [-0.2, 0) is 4.79 Å². The smallest absolute Gasteiger partial charge is 0.335 e. The molecule has 0 heterocycles. The number of rotatable bonds is 4. The molecule has 2 N–H and O–H groups in total. The molecule has 0 amide bonds. The number of hydrogen-bond donors (Lipinski definition) is 2. The van der Waals surface area contributed by atoms with Crippen molar-refractivity contribution in [2.24, 2.45) is 0 Å². The number of allylic oxidation sites excluding steroid dienone is 2. The van der Waals surface area contributed by atoms with Crippen LogP contribution in [0.15, 0.2) is 59.7 Å². The summed E-state index contributed by atoms with van der Waals surface area (Å²) in [6.45, 7) is 0. The highest BCUT2D eigenvalue weighted by molar-refractivity contribution is 6.15. The van der Waals surface area contributed by atoms with E-state index >= 15 is 0 Å². The van der Waals surface area contributed by atoms with Crippen LogP contribution < -0.4 is 0 Å². The quantitative estimate of drug-likeness (QED) is 0.817. The number of aromatic carboxylic acids is 2. The fourth-order valence-corrected chi connectivity index (χ4v) is 2.82. The number of hydrogen-bond acceptors (Lipinski definition) is 3. The zero-order chi connectivity index (χ0) is 18.7. The molecule has 1 aliphatic rings. The molecule has 0 unspecified atom stereocenters. The molecule has 3 rings (SSSR count). The lowest BCUT2D eigenvalue weighted by molar-refractivity contribution is -0.111. The molecule has 0 atom stereocenters. The van der Waals surface area contributed by atoms with Gasteiger partial charge >= 0.3 is 11.9 Å². The summed E-state index contributed by atoms with van der Waals surface area (Å²) in [5.74, 6) is -2.00. The van der Waals surface area contributed by atoms with E-state index in [-0.39, 0.29) is 16.9 Å². The molecule has 1 aliphatic carbocycles. The highest BCUT2D eigenvalue weighted by Crippen LogP contribution is 2.29. The number of carboxylic acids is 2. The van der Waals surface area contributed by atoms with Crippen LogP contribution >= 0.6 is 0 Å². The van der Waals surface area contributed by atoms with Crippen molar-refractivity contribution in [3.8, 4) is 0 Å². The van der Waals surface area contributed by atoms with Crippen molar-refractivity contribution < 1.29 is 24.6 Å². The van der Waals surface area contributed by atoms with Gasteiger partial charge in [0.25, 0.3) is 0 Å². The highest BCUT2D eigenvalue weighted by atomic mass is 16.4. The summed E-state index contributed by atoms with van der Waals surface area (Å²) >= 11 is 0. The summed E-state index contributed by atoms with van der Waals surface area (Å²) in [5.41, 5.74) is 3.34. The van der Waals surface area contributed by atoms with Crippen LogP contribution in [0.2, 0.25) is 0 Å². The van der Waals surface area contributed by atoms with Gasteiger partial charge < -0.3 is 10.2 Å². The fraction of sp³-hybridized carbons (Fsp3) is 0.0952. The van der Waals surface area contributed by atoms with Crippen LogP contribution in [0, 0.1) is 0 Å². The van der Waals surface area contributed by atoms with Crippen LogP contribution in [-0.4, -0.2) is 27.9 Å². The van der Waals surface area contributed by atoms with E-state index in [1.54, 1.807) is 36.4 Å². The van der Waals surface area contributed by atoms with Crippen LogP contribution in [0.3, 0.4) is 0 Å². The molecule has 2 aromatic carbocycles. The zero-order valence-electron chi connectivity index (χ0n) is 13.8. The van der Waals surface area contributed by atoms with Crippen molar-refractivity contribution in [1.82, 2.24) is 0 Å². The normalized spacial score (nSPS) is 17.0. The Morgan fingerprint density at radius 3 is 1.35 bits per heavy atom. The Morgan fingerprint density at radius 1 is 0.692 bits per heavy atom. The summed E-state index contributed by atoms with van der Waals surface area (Å²) in [5, 5.41) is 17.8. The van der Waals surface area contributed by atoms with Crippen LogP contribution in [0.25, 0.3) is 12.2 Å². The summed E-state index contributed by atoms with van der Waals surface area (Å²) in [6, 6.07) is 12.7. The van der Waals surface area contributed by atoms with Crippen molar-refractivity contribution in [2.75, 3.05) is 0 Å². The Bertz CT molecular complexity index is 854. The number of ketones is 1. The molecule has 5 heteroatoms. The minimum absolute atomic E-state index is 0.0328. The SMILES string of the molecule is O=C1/C(=C\c2ccc(C(=O)O)cc2)CC/C1=C/c1ccc(C(=O)O)cc1. The second kappa shape index (κ2) is 7.19. The molecular formula is C21H16O5. The second-order valence-corrected chi connectivity index (χ2v) is 6.02. The summed E-state index contributed by atoms with van der Waals surface area (Å²) < 4.78 is 0. The van der Waals surface area contributed by atoms with Gasteiger partial charge in [0.1, 0.15) is 0 Å². The van der Waals surface area contributed by atoms with E-state index in [1.165, 1.54) is 24.3 Å². The first-order chi connectivity index (χ1) is 12.4. The van der Waals surface area contributed by atoms with E-state index in [0.29, 0.717) is 24.0 Å². The molecule has 0 aromatic heterocycles. The Balaban J connectivity index is 1.78. The van der Waals surface area contributed by atoms with Crippen molar-refractivity contribution in [2.45, 2.75) is 12.8 Å². The molecule has 130 valence electrons. The zero-order valence-corrected chi connectivity index (χ0v) is 13.8. The third-order valence-corrected chi connectivity index (χ3v) is 4.24. The van der Waals surface area contributed by atoms with Crippen molar-refractivity contribution in [1.29, 1.82) is 0 Å². The van der Waals surface area contributed by atoms with Crippen molar-refractivity contribution in [3.63, 3.8) is 0 Å². The van der Waals surface area contributed by atoms with Gasteiger partial charge in [0.15, 0.2) is 5.78 Å². The topological polar surface area (TPSA) is 91.7 Å². The third kappa shape index (κ3) is 3.78. The Labute approximate surface area is 149 Å². The fourth-order valence-electron chi connectivity index (χ4n) is 2.82. The summed E-state index contributed by atoms with van der Waals surface area (Å²) in [7, 11) is 0. The maximum Gasteiger partial charge on any atom is 0.335 e. The van der Waals surface area contributed by atoms with E-state index in [1.807, 2.05) is 0 Å². The number of carbonyl (C=O) groups is 3. The lowest BCUT2D eigenvalue weighted by Crippen LogP contribution is -1.97. The van der Waals surface area contributed by atoms with E-state index in [9.17, 15) is 14.4 Å². The average molecular weight is 348 g/mol. The monoisotopic (exact) mass is 348 g/mol. The molecule has 26 heavy (non-hydrogen) atoms. The second-order valence-electron chi connectivity index (χ2n) is 6.02.